The van der Waals surface area contributed by atoms with Gasteiger partial charge in [0.15, 0.2) is 0 Å². The Bertz CT molecular complexity index is 268. The normalized spacial score (nSPS) is 41.4. The Balaban J connectivity index is 2.02. The lowest BCUT2D eigenvalue weighted by atomic mass is 9.72. The Morgan fingerprint density at radius 3 is 2.42 bits per heavy atom. The van der Waals surface area contributed by atoms with Crippen molar-refractivity contribution in [2.75, 3.05) is 13.1 Å². The lowest BCUT2D eigenvalue weighted by Crippen LogP contribution is -2.61. The molecule has 1 saturated carbocycles. The third-order valence-corrected chi connectivity index (χ3v) is 6.10. The van der Waals surface area contributed by atoms with E-state index in [1.54, 1.807) is 0 Å². The Kier molecular flexibility index (Phi) is 5.30. The summed E-state index contributed by atoms with van der Waals surface area (Å²) >= 11 is 0. The summed E-state index contributed by atoms with van der Waals surface area (Å²) in [7, 11) is 0. The minimum absolute atomic E-state index is 0.332. The number of piperidine rings is 1. The number of nitrogens with two attached hydrogens (primary N) is 1. The predicted molar refractivity (Wildman–Crippen MR) is 83.2 cm³/mol. The molecule has 2 rings (SSSR count). The van der Waals surface area contributed by atoms with E-state index in [2.05, 4.69) is 25.7 Å². The molecule has 2 atom stereocenters. The van der Waals surface area contributed by atoms with E-state index in [1.807, 2.05) is 0 Å². The fourth-order valence-corrected chi connectivity index (χ4v) is 4.53. The fourth-order valence-electron chi connectivity index (χ4n) is 4.53. The van der Waals surface area contributed by atoms with E-state index in [-0.39, 0.29) is 0 Å². The van der Waals surface area contributed by atoms with Crippen molar-refractivity contribution in [2.24, 2.45) is 17.6 Å². The van der Waals surface area contributed by atoms with Crippen molar-refractivity contribution >= 4 is 0 Å². The highest BCUT2D eigenvalue weighted by atomic mass is 15.2. The van der Waals surface area contributed by atoms with Gasteiger partial charge >= 0.3 is 0 Å². The first-order valence-corrected chi connectivity index (χ1v) is 8.60. The minimum Gasteiger partial charge on any atom is -0.329 e. The Labute approximate surface area is 120 Å². The second kappa shape index (κ2) is 6.58. The Morgan fingerprint density at radius 2 is 1.84 bits per heavy atom. The van der Waals surface area contributed by atoms with Crippen LogP contribution in [0, 0.1) is 11.8 Å². The molecular formula is C17H34N2. The van der Waals surface area contributed by atoms with Crippen LogP contribution in [0.4, 0.5) is 0 Å². The van der Waals surface area contributed by atoms with Crippen molar-refractivity contribution in [3.63, 3.8) is 0 Å². The van der Waals surface area contributed by atoms with Crippen LogP contribution in [0.5, 0.6) is 0 Å². The van der Waals surface area contributed by atoms with Gasteiger partial charge in [0.25, 0.3) is 0 Å². The van der Waals surface area contributed by atoms with Gasteiger partial charge in [-0.05, 0) is 63.8 Å². The molecule has 1 heterocycles. The van der Waals surface area contributed by atoms with Crippen molar-refractivity contribution in [1.29, 1.82) is 0 Å². The second-order valence-electron chi connectivity index (χ2n) is 7.21. The quantitative estimate of drug-likeness (QED) is 0.838. The van der Waals surface area contributed by atoms with E-state index >= 15 is 0 Å². The van der Waals surface area contributed by atoms with E-state index in [0.717, 1.165) is 24.4 Å². The van der Waals surface area contributed by atoms with Gasteiger partial charge < -0.3 is 5.73 Å². The molecule has 2 N–H and O–H groups in total. The molecule has 19 heavy (non-hydrogen) atoms. The number of nitrogens with zero attached hydrogens (tertiary/aromatic N) is 1. The molecule has 0 bridgehead atoms. The first kappa shape index (κ1) is 15.3. The maximum Gasteiger partial charge on any atom is 0.0334 e. The molecule has 0 spiro atoms. The molecule has 112 valence electrons. The topological polar surface area (TPSA) is 29.3 Å². The van der Waals surface area contributed by atoms with Gasteiger partial charge in [-0.15, -0.1) is 0 Å². The predicted octanol–water partition coefficient (Wildman–Crippen LogP) is 3.79. The van der Waals surface area contributed by atoms with Crippen LogP contribution >= 0.6 is 0 Å². The molecule has 1 aliphatic carbocycles. The summed E-state index contributed by atoms with van der Waals surface area (Å²) in [4.78, 5) is 2.79. The van der Waals surface area contributed by atoms with Crippen LogP contribution in [0.3, 0.4) is 0 Å². The number of likely N-dealkylation sites (tertiary alicyclic amines) is 1. The maximum atomic E-state index is 6.25. The number of hydrogen-bond donors (Lipinski definition) is 1. The molecule has 2 heteroatoms. The molecule has 2 unspecified atom stereocenters. The Hall–Kier alpha value is -0.0800. The van der Waals surface area contributed by atoms with Crippen LogP contribution in [0.15, 0.2) is 0 Å². The largest absolute Gasteiger partial charge is 0.329 e. The molecule has 2 fully saturated rings. The molecule has 1 saturated heterocycles. The zero-order valence-corrected chi connectivity index (χ0v) is 13.3. The van der Waals surface area contributed by atoms with Crippen molar-refractivity contribution in [3.05, 3.63) is 0 Å². The van der Waals surface area contributed by atoms with Crippen LogP contribution in [0.1, 0.15) is 72.1 Å². The number of rotatable bonds is 4. The average Bonchev–Trinajstić information content (AvgIpc) is 2.44. The molecule has 0 aromatic rings. The van der Waals surface area contributed by atoms with Crippen molar-refractivity contribution < 1.29 is 0 Å². The average molecular weight is 266 g/mol. The van der Waals surface area contributed by atoms with Crippen molar-refractivity contribution in [2.45, 2.75) is 83.7 Å². The zero-order valence-electron chi connectivity index (χ0n) is 13.3. The molecule has 0 aromatic heterocycles. The first-order valence-electron chi connectivity index (χ1n) is 8.60. The van der Waals surface area contributed by atoms with E-state index < -0.39 is 0 Å². The summed E-state index contributed by atoms with van der Waals surface area (Å²) in [5.74, 6) is 1.81. The molecule has 0 radical (unpaired) electrons. The van der Waals surface area contributed by atoms with Gasteiger partial charge in [0.05, 0.1) is 0 Å². The monoisotopic (exact) mass is 266 g/mol. The summed E-state index contributed by atoms with van der Waals surface area (Å²) in [5.41, 5.74) is 6.59. The molecular weight excluding hydrogens is 232 g/mol. The smallest absolute Gasteiger partial charge is 0.0334 e. The molecule has 2 nitrogen and oxygen atoms in total. The van der Waals surface area contributed by atoms with Gasteiger partial charge in [0.2, 0.25) is 0 Å². The number of hydrogen-bond acceptors (Lipinski definition) is 2. The van der Waals surface area contributed by atoms with Crippen molar-refractivity contribution in [1.82, 2.24) is 4.90 Å². The fraction of sp³-hybridized carbons (Fsp3) is 1.00. The van der Waals surface area contributed by atoms with Gasteiger partial charge in [0, 0.05) is 18.1 Å². The highest BCUT2D eigenvalue weighted by molar-refractivity contribution is 4.99. The lowest BCUT2D eigenvalue weighted by molar-refractivity contribution is -0.0258. The van der Waals surface area contributed by atoms with Gasteiger partial charge in [-0.3, -0.25) is 4.90 Å². The zero-order chi connectivity index (χ0) is 13.9. The highest BCUT2D eigenvalue weighted by Gasteiger charge is 2.43. The van der Waals surface area contributed by atoms with E-state index in [9.17, 15) is 0 Å². The molecule has 1 aliphatic heterocycles. The van der Waals surface area contributed by atoms with Crippen LogP contribution in [-0.2, 0) is 0 Å². The molecule has 2 aliphatic rings. The van der Waals surface area contributed by atoms with E-state index in [4.69, 9.17) is 5.73 Å². The van der Waals surface area contributed by atoms with Gasteiger partial charge in [-0.25, -0.2) is 0 Å². The van der Waals surface area contributed by atoms with E-state index in [1.165, 1.54) is 57.9 Å². The summed E-state index contributed by atoms with van der Waals surface area (Å²) in [6.45, 7) is 9.31. The summed E-state index contributed by atoms with van der Waals surface area (Å²) in [5, 5.41) is 0. The third-order valence-electron chi connectivity index (χ3n) is 6.10. The van der Waals surface area contributed by atoms with Crippen molar-refractivity contribution in [3.8, 4) is 0 Å². The van der Waals surface area contributed by atoms with Gasteiger partial charge in [-0.1, -0.05) is 26.7 Å². The standard InChI is InChI=1S/C17H34N2/c1-4-6-16-8-10-17(13-18,11-9-16)19-12-5-7-14(2)15(19)3/h14-16H,4-13,18H2,1-3H3. The summed E-state index contributed by atoms with van der Waals surface area (Å²) in [6, 6.07) is 0.722. The molecule has 0 amide bonds. The van der Waals surface area contributed by atoms with Crippen LogP contribution < -0.4 is 5.73 Å². The van der Waals surface area contributed by atoms with Crippen LogP contribution in [0.25, 0.3) is 0 Å². The molecule has 0 aromatic carbocycles. The summed E-state index contributed by atoms with van der Waals surface area (Å²) in [6.07, 6.45) is 11.0. The third kappa shape index (κ3) is 3.16. The highest BCUT2D eigenvalue weighted by Crippen LogP contribution is 2.41. The van der Waals surface area contributed by atoms with Gasteiger partial charge in [-0.2, -0.15) is 0 Å². The lowest BCUT2D eigenvalue weighted by Gasteiger charge is -2.53. The van der Waals surface area contributed by atoms with E-state index in [0.29, 0.717) is 5.54 Å². The SMILES string of the molecule is CCCC1CCC(CN)(N2CCCC(C)C2C)CC1. The maximum absolute atomic E-state index is 6.25. The first-order chi connectivity index (χ1) is 9.13. The minimum atomic E-state index is 0.332. The van der Waals surface area contributed by atoms with Crippen LogP contribution in [-0.4, -0.2) is 29.6 Å². The van der Waals surface area contributed by atoms with Crippen LogP contribution in [0.2, 0.25) is 0 Å². The second-order valence-corrected chi connectivity index (χ2v) is 7.21. The summed E-state index contributed by atoms with van der Waals surface area (Å²) < 4.78 is 0. The Morgan fingerprint density at radius 1 is 1.16 bits per heavy atom. The van der Waals surface area contributed by atoms with Gasteiger partial charge in [0.1, 0.15) is 0 Å².